The summed E-state index contributed by atoms with van der Waals surface area (Å²) in [7, 11) is 0. The molecule has 9 nitrogen and oxygen atoms in total. The molecule has 0 aliphatic carbocycles. The molecule has 3 heterocycles. The Labute approximate surface area is 224 Å². The van der Waals surface area contributed by atoms with E-state index in [4.69, 9.17) is 18.9 Å². The first-order valence-electron chi connectivity index (χ1n) is 12.7. The van der Waals surface area contributed by atoms with Gasteiger partial charge < -0.3 is 29.6 Å². The van der Waals surface area contributed by atoms with Crippen LogP contribution in [0.5, 0.6) is 17.2 Å². The van der Waals surface area contributed by atoms with Gasteiger partial charge in [-0.1, -0.05) is 24.3 Å². The number of aryl methyl sites for hydroxylation is 1. The number of hydrogen-bond donors (Lipinski definition) is 2. The van der Waals surface area contributed by atoms with Crippen molar-refractivity contribution in [3.63, 3.8) is 0 Å². The number of amides is 2. The van der Waals surface area contributed by atoms with Crippen molar-refractivity contribution in [1.82, 2.24) is 10.6 Å². The van der Waals surface area contributed by atoms with E-state index in [2.05, 4.69) is 16.7 Å². The van der Waals surface area contributed by atoms with Gasteiger partial charge in [0.15, 0.2) is 11.5 Å². The largest absolute Gasteiger partial charge is 0.493 e. The lowest BCUT2D eigenvalue weighted by Crippen LogP contribution is -2.46. The van der Waals surface area contributed by atoms with Gasteiger partial charge in [-0.2, -0.15) is 5.26 Å². The average Bonchev–Trinajstić information content (AvgIpc) is 3.63. The Kier molecular flexibility index (Phi) is 6.51. The first-order valence-corrected chi connectivity index (χ1v) is 12.7. The van der Waals surface area contributed by atoms with Crippen LogP contribution in [0.1, 0.15) is 40.3 Å². The second-order valence-corrected chi connectivity index (χ2v) is 9.47. The predicted molar refractivity (Wildman–Crippen MR) is 139 cm³/mol. The summed E-state index contributed by atoms with van der Waals surface area (Å²) in [5.74, 6) is 1.63. The van der Waals surface area contributed by atoms with Crippen LogP contribution in [0.2, 0.25) is 0 Å². The van der Waals surface area contributed by atoms with Crippen LogP contribution >= 0.6 is 0 Å². The predicted octanol–water partition coefficient (Wildman–Crippen LogP) is 4.21. The summed E-state index contributed by atoms with van der Waals surface area (Å²) in [6, 6.07) is 19.3. The zero-order valence-corrected chi connectivity index (χ0v) is 21.0. The van der Waals surface area contributed by atoms with Crippen molar-refractivity contribution < 1.29 is 28.5 Å². The number of nitrogens with one attached hydrogen (secondary N) is 2. The molecule has 196 valence electrons. The molecule has 3 aliphatic rings. The van der Waals surface area contributed by atoms with Crippen LogP contribution in [0.15, 0.2) is 71.9 Å². The van der Waals surface area contributed by atoms with Gasteiger partial charge in [0.25, 0.3) is 0 Å². The molecular formula is C30H25N3O6. The van der Waals surface area contributed by atoms with E-state index in [9.17, 15) is 14.9 Å². The maximum atomic E-state index is 13.6. The molecule has 2 amide bonds. The molecule has 0 saturated heterocycles. The van der Waals surface area contributed by atoms with E-state index in [-0.39, 0.29) is 13.4 Å². The Bertz CT molecular complexity index is 1540. The van der Waals surface area contributed by atoms with Gasteiger partial charge in [-0.3, -0.25) is 0 Å². The third kappa shape index (κ3) is 5.09. The number of ether oxygens (including phenoxy) is 4. The van der Waals surface area contributed by atoms with Crippen LogP contribution in [0.3, 0.4) is 0 Å². The van der Waals surface area contributed by atoms with Gasteiger partial charge in [-0.05, 0) is 71.5 Å². The summed E-state index contributed by atoms with van der Waals surface area (Å²) >= 11 is 0. The van der Waals surface area contributed by atoms with Crippen LogP contribution in [-0.2, 0) is 29.0 Å². The maximum absolute atomic E-state index is 13.6. The van der Waals surface area contributed by atoms with Crippen LogP contribution in [0.4, 0.5) is 4.79 Å². The monoisotopic (exact) mass is 523 g/mol. The normalized spacial score (nSPS) is 17.0. The molecule has 0 spiro atoms. The van der Waals surface area contributed by atoms with Gasteiger partial charge in [0.2, 0.25) is 6.79 Å². The highest BCUT2D eigenvalue weighted by molar-refractivity contribution is 5.95. The molecule has 3 aromatic carbocycles. The molecule has 6 rings (SSSR count). The molecule has 3 aliphatic heterocycles. The number of esters is 1. The molecule has 0 aromatic heterocycles. The summed E-state index contributed by atoms with van der Waals surface area (Å²) < 4.78 is 22.3. The maximum Gasteiger partial charge on any atom is 0.338 e. The Morgan fingerprint density at radius 1 is 0.974 bits per heavy atom. The number of urea groups is 1. The molecule has 2 N–H and O–H groups in total. The highest BCUT2D eigenvalue weighted by Crippen LogP contribution is 2.36. The number of carbonyl (C=O) groups is 2. The standard InChI is InChI=1S/C30H25N3O6/c31-15-19-2-1-3-20(12-19)16-37-29(34)27-23(7-4-18-5-8-25-26(13-18)39-17-38-25)32-30(35)33-28(27)22-6-9-24-21(14-22)10-11-36-24/h1-3,5-6,8-9,12-14,28H,4,7,10-11,16-17H2,(H2,32,33,35). The first kappa shape index (κ1) is 24.4. The molecule has 39 heavy (non-hydrogen) atoms. The van der Waals surface area contributed by atoms with Gasteiger partial charge in [0, 0.05) is 12.1 Å². The Balaban J connectivity index is 1.31. The van der Waals surface area contributed by atoms with Gasteiger partial charge in [0.1, 0.15) is 12.4 Å². The fraction of sp³-hybridized carbons (Fsp3) is 0.233. The molecule has 1 unspecified atom stereocenters. The van der Waals surface area contributed by atoms with Crippen LogP contribution in [0.25, 0.3) is 0 Å². The van der Waals surface area contributed by atoms with E-state index in [0.717, 1.165) is 28.9 Å². The van der Waals surface area contributed by atoms with E-state index in [0.29, 0.717) is 53.3 Å². The second kappa shape index (κ2) is 10.4. The molecule has 0 bridgehead atoms. The van der Waals surface area contributed by atoms with Gasteiger partial charge in [0.05, 0.1) is 29.9 Å². The number of allylic oxidation sites excluding steroid dienone is 1. The first-order chi connectivity index (χ1) is 19.1. The lowest BCUT2D eigenvalue weighted by atomic mass is 9.91. The minimum Gasteiger partial charge on any atom is -0.493 e. The average molecular weight is 524 g/mol. The van der Waals surface area contributed by atoms with E-state index in [1.54, 1.807) is 24.3 Å². The van der Waals surface area contributed by atoms with Crippen LogP contribution < -0.4 is 24.8 Å². The van der Waals surface area contributed by atoms with E-state index in [1.807, 2.05) is 36.4 Å². The van der Waals surface area contributed by atoms with Crippen LogP contribution in [0, 0.1) is 11.3 Å². The third-order valence-electron chi connectivity index (χ3n) is 6.95. The van der Waals surface area contributed by atoms with Crippen molar-refractivity contribution in [2.75, 3.05) is 13.4 Å². The SMILES string of the molecule is N#Cc1cccc(COC(=O)C2=C(CCc3ccc4c(c3)OCO4)NC(=O)NC2c2ccc3c(c2)CCO3)c1. The number of carbonyl (C=O) groups excluding carboxylic acids is 2. The topological polar surface area (TPSA) is 119 Å². The summed E-state index contributed by atoms with van der Waals surface area (Å²) in [6.45, 7) is 0.781. The molecule has 0 radical (unpaired) electrons. The lowest BCUT2D eigenvalue weighted by molar-refractivity contribution is -0.140. The quantitative estimate of drug-likeness (QED) is 0.446. The summed E-state index contributed by atoms with van der Waals surface area (Å²) in [5.41, 5.74) is 4.80. The van der Waals surface area contributed by atoms with Gasteiger partial charge in [-0.15, -0.1) is 0 Å². The fourth-order valence-corrected chi connectivity index (χ4v) is 5.02. The number of benzene rings is 3. The summed E-state index contributed by atoms with van der Waals surface area (Å²) in [5, 5.41) is 14.9. The summed E-state index contributed by atoms with van der Waals surface area (Å²) in [6.07, 6.45) is 1.71. The zero-order valence-electron chi connectivity index (χ0n) is 21.0. The number of rotatable bonds is 7. The van der Waals surface area contributed by atoms with Crippen molar-refractivity contribution in [1.29, 1.82) is 5.26 Å². The molecular weight excluding hydrogens is 498 g/mol. The van der Waals surface area contributed by atoms with Crippen molar-refractivity contribution in [3.8, 4) is 23.3 Å². The Morgan fingerprint density at radius 2 is 1.85 bits per heavy atom. The van der Waals surface area contributed by atoms with Gasteiger partial charge in [-0.25, -0.2) is 9.59 Å². The molecule has 3 aromatic rings. The minimum absolute atomic E-state index is 0.00795. The smallest absolute Gasteiger partial charge is 0.338 e. The van der Waals surface area contributed by atoms with Crippen LogP contribution in [-0.4, -0.2) is 25.4 Å². The zero-order chi connectivity index (χ0) is 26.8. The highest BCUT2D eigenvalue weighted by Gasteiger charge is 2.34. The van der Waals surface area contributed by atoms with E-state index in [1.165, 1.54) is 0 Å². The van der Waals surface area contributed by atoms with Gasteiger partial charge >= 0.3 is 12.0 Å². The van der Waals surface area contributed by atoms with Crippen molar-refractivity contribution in [2.24, 2.45) is 0 Å². The van der Waals surface area contributed by atoms with E-state index >= 15 is 0 Å². The second-order valence-electron chi connectivity index (χ2n) is 9.47. The number of nitriles is 1. The number of hydrogen-bond acceptors (Lipinski definition) is 7. The molecule has 0 saturated carbocycles. The van der Waals surface area contributed by atoms with Crippen molar-refractivity contribution in [3.05, 3.63) is 99.8 Å². The molecule has 0 fully saturated rings. The van der Waals surface area contributed by atoms with E-state index < -0.39 is 18.0 Å². The minimum atomic E-state index is -0.700. The highest BCUT2D eigenvalue weighted by atomic mass is 16.7. The lowest BCUT2D eigenvalue weighted by Gasteiger charge is -2.30. The Morgan fingerprint density at radius 3 is 2.74 bits per heavy atom. The Hall–Kier alpha value is -4.97. The number of nitrogens with zero attached hydrogens (tertiary/aromatic N) is 1. The number of fused-ring (bicyclic) bond motifs is 2. The van der Waals surface area contributed by atoms with Crippen molar-refractivity contribution >= 4 is 12.0 Å². The molecule has 9 heteroatoms. The third-order valence-corrected chi connectivity index (χ3v) is 6.95. The fourth-order valence-electron chi connectivity index (χ4n) is 5.02. The summed E-state index contributed by atoms with van der Waals surface area (Å²) in [4.78, 5) is 26.4. The van der Waals surface area contributed by atoms with Crippen molar-refractivity contribution in [2.45, 2.75) is 31.9 Å². The molecule has 1 atom stereocenters.